The monoisotopic (exact) mass is 272 g/mol. The van der Waals surface area contributed by atoms with Crippen LogP contribution in [0.15, 0.2) is 35.1 Å². The Bertz CT molecular complexity index is 641. The first-order chi connectivity index (χ1) is 9.74. The Morgan fingerprint density at radius 3 is 2.80 bits per heavy atom. The molecule has 3 rings (SSSR count). The van der Waals surface area contributed by atoms with Gasteiger partial charge in [0.15, 0.2) is 5.69 Å². The van der Waals surface area contributed by atoms with Crippen LogP contribution < -0.4 is 10.5 Å². The van der Waals surface area contributed by atoms with Crippen molar-refractivity contribution in [3.8, 4) is 11.3 Å². The molecule has 2 heterocycles. The molecule has 0 amide bonds. The first-order valence-electron chi connectivity index (χ1n) is 6.63. The summed E-state index contributed by atoms with van der Waals surface area (Å²) in [5.41, 5.74) is 0.888. The number of aromatic nitrogens is 3. The van der Waals surface area contributed by atoms with E-state index in [1.165, 1.54) is 0 Å². The lowest BCUT2D eigenvalue weighted by Crippen LogP contribution is -2.42. The van der Waals surface area contributed by atoms with Gasteiger partial charge in [-0.05, 0) is 6.92 Å². The number of H-pyrrole nitrogens is 1. The molecule has 6 heteroatoms. The van der Waals surface area contributed by atoms with Crippen LogP contribution in [0.2, 0.25) is 0 Å². The van der Waals surface area contributed by atoms with E-state index in [9.17, 15) is 4.79 Å². The molecule has 20 heavy (non-hydrogen) atoms. The molecule has 0 saturated carbocycles. The number of nitrogens with one attached hydrogen (secondary N) is 1. The van der Waals surface area contributed by atoms with Crippen LogP contribution >= 0.6 is 0 Å². The molecule has 104 valence electrons. The molecule has 1 fully saturated rings. The molecule has 1 N–H and O–H groups in total. The third-order valence-corrected chi connectivity index (χ3v) is 3.27. The fourth-order valence-electron chi connectivity index (χ4n) is 2.27. The second-order valence-electron chi connectivity index (χ2n) is 4.82. The minimum atomic E-state index is -0.222. The number of nitrogens with zero attached hydrogens (tertiary/aromatic N) is 3. The Kier molecular flexibility index (Phi) is 3.47. The highest BCUT2D eigenvalue weighted by atomic mass is 16.5. The summed E-state index contributed by atoms with van der Waals surface area (Å²) < 4.78 is 5.47. The van der Waals surface area contributed by atoms with E-state index in [4.69, 9.17) is 4.74 Å². The number of anilines is 1. The fraction of sp³-hybridized carbons (Fsp3) is 0.357. The van der Waals surface area contributed by atoms with Crippen LogP contribution in [0.3, 0.4) is 0 Å². The Morgan fingerprint density at radius 1 is 1.30 bits per heavy atom. The Morgan fingerprint density at radius 2 is 2.10 bits per heavy atom. The number of hydrogen-bond acceptors (Lipinski definition) is 5. The van der Waals surface area contributed by atoms with E-state index in [0.717, 1.165) is 5.56 Å². The first kappa shape index (κ1) is 12.8. The van der Waals surface area contributed by atoms with Crippen molar-refractivity contribution in [2.24, 2.45) is 0 Å². The molecule has 0 spiro atoms. The van der Waals surface area contributed by atoms with Crippen LogP contribution in [0, 0.1) is 0 Å². The molecule has 1 saturated heterocycles. The molecule has 2 aromatic rings. The van der Waals surface area contributed by atoms with Crippen LogP contribution in [0.4, 0.5) is 5.95 Å². The maximum absolute atomic E-state index is 12.1. The predicted molar refractivity (Wildman–Crippen MR) is 75.7 cm³/mol. The van der Waals surface area contributed by atoms with E-state index in [2.05, 4.69) is 15.2 Å². The average Bonchev–Trinajstić information content (AvgIpc) is 2.48. The van der Waals surface area contributed by atoms with Crippen LogP contribution in [0.25, 0.3) is 11.3 Å². The Labute approximate surface area is 116 Å². The SMILES string of the molecule is C[C@H]1CN(c2nnc(-c3ccccc3)c(=O)[nH]2)CCO1. The average molecular weight is 272 g/mol. The quantitative estimate of drug-likeness (QED) is 0.885. The van der Waals surface area contributed by atoms with E-state index in [0.29, 0.717) is 31.3 Å². The maximum Gasteiger partial charge on any atom is 0.279 e. The van der Waals surface area contributed by atoms with Gasteiger partial charge in [0.1, 0.15) is 0 Å². The number of rotatable bonds is 2. The van der Waals surface area contributed by atoms with Crippen molar-refractivity contribution in [2.45, 2.75) is 13.0 Å². The highest BCUT2D eigenvalue weighted by Crippen LogP contribution is 2.14. The minimum Gasteiger partial charge on any atom is -0.375 e. The molecule has 0 aliphatic carbocycles. The molecule has 0 radical (unpaired) electrons. The van der Waals surface area contributed by atoms with Crippen molar-refractivity contribution in [3.05, 3.63) is 40.7 Å². The fourth-order valence-corrected chi connectivity index (χ4v) is 2.27. The summed E-state index contributed by atoms with van der Waals surface area (Å²) in [6.07, 6.45) is 0.128. The maximum atomic E-state index is 12.1. The van der Waals surface area contributed by atoms with Crippen LogP contribution in [0.1, 0.15) is 6.92 Å². The van der Waals surface area contributed by atoms with Gasteiger partial charge < -0.3 is 9.64 Å². The summed E-state index contributed by atoms with van der Waals surface area (Å²) >= 11 is 0. The number of hydrogen-bond donors (Lipinski definition) is 1. The molecular formula is C14H16N4O2. The number of morpholine rings is 1. The lowest BCUT2D eigenvalue weighted by molar-refractivity contribution is 0.0525. The van der Waals surface area contributed by atoms with Crippen LogP contribution in [-0.4, -0.2) is 41.0 Å². The highest BCUT2D eigenvalue weighted by Gasteiger charge is 2.19. The number of aromatic amines is 1. The minimum absolute atomic E-state index is 0.128. The normalized spacial score (nSPS) is 19.1. The lowest BCUT2D eigenvalue weighted by atomic mass is 10.2. The number of ether oxygens (including phenoxy) is 1. The molecular weight excluding hydrogens is 256 g/mol. The standard InChI is InChI=1S/C14H16N4O2/c1-10-9-18(7-8-20-10)14-15-13(19)12(16-17-14)11-5-3-2-4-6-11/h2-6,10H,7-9H2,1H3,(H,15,17,19)/t10-/m0/s1. The van der Waals surface area contributed by atoms with Crippen LogP contribution in [-0.2, 0) is 4.74 Å². The Hall–Kier alpha value is -2.21. The van der Waals surface area contributed by atoms with E-state index in [1.54, 1.807) is 0 Å². The van der Waals surface area contributed by atoms with Crippen molar-refractivity contribution in [3.63, 3.8) is 0 Å². The van der Waals surface area contributed by atoms with Gasteiger partial charge >= 0.3 is 0 Å². The number of benzene rings is 1. The molecule has 1 aromatic heterocycles. The molecule has 0 bridgehead atoms. The van der Waals surface area contributed by atoms with E-state index in [1.807, 2.05) is 42.2 Å². The molecule has 6 nitrogen and oxygen atoms in total. The Balaban J connectivity index is 1.90. The van der Waals surface area contributed by atoms with Gasteiger partial charge in [-0.25, -0.2) is 0 Å². The summed E-state index contributed by atoms with van der Waals surface area (Å²) in [4.78, 5) is 16.9. The smallest absolute Gasteiger partial charge is 0.279 e. The first-order valence-corrected chi connectivity index (χ1v) is 6.63. The highest BCUT2D eigenvalue weighted by molar-refractivity contribution is 5.57. The van der Waals surface area contributed by atoms with Gasteiger partial charge in [0, 0.05) is 18.7 Å². The molecule has 1 atom stereocenters. The van der Waals surface area contributed by atoms with Gasteiger partial charge in [-0.15, -0.1) is 10.2 Å². The van der Waals surface area contributed by atoms with Gasteiger partial charge in [-0.3, -0.25) is 9.78 Å². The predicted octanol–water partition coefficient (Wildman–Crippen LogP) is 1.06. The summed E-state index contributed by atoms with van der Waals surface area (Å²) in [5.74, 6) is 0.504. The van der Waals surface area contributed by atoms with Gasteiger partial charge in [-0.2, -0.15) is 0 Å². The van der Waals surface area contributed by atoms with Gasteiger partial charge in [0.2, 0.25) is 5.95 Å². The molecule has 0 unspecified atom stereocenters. The van der Waals surface area contributed by atoms with E-state index < -0.39 is 0 Å². The van der Waals surface area contributed by atoms with Crippen molar-refractivity contribution in [2.75, 3.05) is 24.6 Å². The van der Waals surface area contributed by atoms with Crippen LogP contribution in [0.5, 0.6) is 0 Å². The summed E-state index contributed by atoms with van der Waals surface area (Å²) in [7, 11) is 0. The lowest BCUT2D eigenvalue weighted by Gasteiger charge is -2.31. The van der Waals surface area contributed by atoms with Gasteiger partial charge in [0.05, 0.1) is 12.7 Å². The van der Waals surface area contributed by atoms with Crippen molar-refractivity contribution in [1.82, 2.24) is 15.2 Å². The molecule has 1 aliphatic heterocycles. The van der Waals surface area contributed by atoms with Gasteiger partial charge in [-0.1, -0.05) is 30.3 Å². The topological polar surface area (TPSA) is 71.1 Å². The van der Waals surface area contributed by atoms with Crippen molar-refractivity contribution < 1.29 is 4.74 Å². The van der Waals surface area contributed by atoms with E-state index >= 15 is 0 Å². The second-order valence-corrected chi connectivity index (χ2v) is 4.82. The zero-order valence-electron chi connectivity index (χ0n) is 11.2. The summed E-state index contributed by atoms with van der Waals surface area (Å²) in [5, 5.41) is 8.21. The largest absolute Gasteiger partial charge is 0.375 e. The molecule has 1 aromatic carbocycles. The van der Waals surface area contributed by atoms with Gasteiger partial charge in [0.25, 0.3) is 5.56 Å². The zero-order chi connectivity index (χ0) is 13.9. The van der Waals surface area contributed by atoms with Crippen molar-refractivity contribution in [1.29, 1.82) is 0 Å². The third kappa shape index (κ3) is 2.55. The zero-order valence-corrected chi connectivity index (χ0v) is 11.2. The molecule has 1 aliphatic rings. The summed E-state index contributed by atoms with van der Waals surface area (Å²) in [6, 6.07) is 9.32. The summed E-state index contributed by atoms with van der Waals surface area (Å²) in [6.45, 7) is 4.04. The second kappa shape index (κ2) is 5.42. The van der Waals surface area contributed by atoms with E-state index in [-0.39, 0.29) is 11.7 Å². The van der Waals surface area contributed by atoms with Crippen molar-refractivity contribution >= 4 is 5.95 Å². The third-order valence-electron chi connectivity index (χ3n) is 3.27.